The summed E-state index contributed by atoms with van der Waals surface area (Å²) in [5, 5.41) is 0. The first-order chi connectivity index (χ1) is 7.65. The summed E-state index contributed by atoms with van der Waals surface area (Å²) in [6, 6.07) is 5.43. The van der Waals surface area contributed by atoms with Gasteiger partial charge in [0.1, 0.15) is 5.82 Å². The monoisotopic (exact) mass is 287 g/mol. The average Bonchev–Trinajstić information content (AvgIpc) is 2.20. The first-order valence-electron chi connectivity index (χ1n) is 5.42. The zero-order valence-corrected chi connectivity index (χ0v) is 10.8. The van der Waals surface area contributed by atoms with E-state index >= 15 is 0 Å². The molecule has 2 nitrogen and oxygen atoms in total. The predicted molar refractivity (Wildman–Crippen MR) is 64.8 cm³/mol. The van der Waals surface area contributed by atoms with E-state index in [0.717, 1.165) is 36.3 Å². The highest BCUT2D eigenvalue weighted by Crippen LogP contribution is 2.18. The lowest BCUT2D eigenvalue weighted by Gasteiger charge is -2.33. The molecule has 1 aliphatic heterocycles. The van der Waals surface area contributed by atoms with Gasteiger partial charge in [0.15, 0.2) is 0 Å². The van der Waals surface area contributed by atoms with Gasteiger partial charge in [-0.3, -0.25) is 4.90 Å². The summed E-state index contributed by atoms with van der Waals surface area (Å²) >= 11 is 3.31. The predicted octanol–water partition coefficient (Wildman–Crippen LogP) is 2.81. The van der Waals surface area contributed by atoms with Crippen molar-refractivity contribution in [2.45, 2.75) is 19.5 Å². The number of hydrogen-bond acceptors (Lipinski definition) is 2. The van der Waals surface area contributed by atoms with E-state index in [2.05, 4.69) is 27.8 Å². The Morgan fingerprint density at radius 2 is 2.31 bits per heavy atom. The number of ether oxygens (including phenoxy) is 1. The lowest BCUT2D eigenvalue weighted by molar-refractivity contribution is -0.00440. The SMILES string of the molecule is CC1COCCN1Cc1cc(F)cc(Br)c1. The zero-order chi connectivity index (χ0) is 11.5. The van der Waals surface area contributed by atoms with Crippen LogP contribution < -0.4 is 0 Å². The molecule has 0 N–H and O–H groups in total. The Labute approximate surface area is 104 Å². The van der Waals surface area contributed by atoms with Crippen LogP contribution in [0.4, 0.5) is 4.39 Å². The topological polar surface area (TPSA) is 12.5 Å². The molecule has 0 radical (unpaired) electrons. The van der Waals surface area contributed by atoms with Crippen molar-refractivity contribution in [3.05, 3.63) is 34.1 Å². The second-order valence-electron chi connectivity index (χ2n) is 4.17. The number of halogens is 2. The minimum Gasteiger partial charge on any atom is -0.379 e. The van der Waals surface area contributed by atoms with Gasteiger partial charge in [-0.05, 0) is 30.7 Å². The van der Waals surface area contributed by atoms with Crippen LogP contribution in [-0.2, 0) is 11.3 Å². The average molecular weight is 288 g/mol. The van der Waals surface area contributed by atoms with Crippen LogP contribution in [0, 0.1) is 5.82 Å². The Morgan fingerprint density at radius 3 is 3.00 bits per heavy atom. The Hall–Kier alpha value is -0.450. The summed E-state index contributed by atoms with van der Waals surface area (Å²) in [5.74, 6) is -0.190. The summed E-state index contributed by atoms with van der Waals surface area (Å²) < 4.78 is 19.4. The van der Waals surface area contributed by atoms with Gasteiger partial charge in [-0.25, -0.2) is 4.39 Å². The fourth-order valence-electron chi connectivity index (χ4n) is 1.93. The molecule has 0 aliphatic carbocycles. The lowest BCUT2D eigenvalue weighted by atomic mass is 10.1. The molecule has 1 aliphatic rings. The van der Waals surface area contributed by atoms with Crippen molar-refractivity contribution in [1.29, 1.82) is 0 Å². The Bertz CT molecular complexity index is 352. The molecule has 0 saturated carbocycles. The molecule has 2 rings (SSSR count). The van der Waals surface area contributed by atoms with Crippen molar-refractivity contribution in [2.75, 3.05) is 19.8 Å². The molecule has 4 heteroatoms. The smallest absolute Gasteiger partial charge is 0.124 e. The standard InChI is InChI=1S/C12H15BrFNO/c1-9-8-16-3-2-15(9)7-10-4-11(13)6-12(14)5-10/h4-6,9H,2-3,7-8H2,1H3. The van der Waals surface area contributed by atoms with Crippen LogP contribution >= 0.6 is 15.9 Å². The molecular weight excluding hydrogens is 273 g/mol. The molecule has 0 spiro atoms. The second kappa shape index (κ2) is 5.25. The van der Waals surface area contributed by atoms with Crippen molar-refractivity contribution in [3.8, 4) is 0 Å². The number of hydrogen-bond donors (Lipinski definition) is 0. The minimum atomic E-state index is -0.190. The molecule has 1 aromatic rings. The van der Waals surface area contributed by atoms with E-state index in [1.807, 2.05) is 6.07 Å². The highest BCUT2D eigenvalue weighted by atomic mass is 79.9. The van der Waals surface area contributed by atoms with Crippen LogP contribution in [0.1, 0.15) is 12.5 Å². The largest absolute Gasteiger partial charge is 0.379 e. The van der Waals surface area contributed by atoms with Gasteiger partial charge in [0, 0.05) is 23.6 Å². The van der Waals surface area contributed by atoms with Gasteiger partial charge in [0.25, 0.3) is 0 Å². The van der Waals surface area contributed by atoms with Crippen LogP contribution in [0.25, 0.3) is 0 Å². The van der Waals surface area contributed by atoms with E-state index in [-0.39, 0.29) is 5.82 Å². The molecule has 0 amide bonds. The van der Waals surface area contributed by atoms with Crippen LogP contribution in [-0.4, -0.2) is 30.7 Å². The molecule has 0 aromatic heterocycles. The first kappa shape index (κ1) is 12.0. The van der Waals surface area contributed by atoms with Crippen molar-refractivity contribution in [1.82, 2.24) is 4.90 Å². The van der Waals surface area contributed by atoms with Crippen molar-refractivity contribution < 1.29 is 9.13 Å². The van der Waals surface area contributed by atoms with Gasteiger partial charge >= 0.3 is 0 Å². The van der Waals surface area contributed by atoms with E-state index in [1.54, 1.807) is 6.07 Å². The highest BCUT2D eigenvalue weighted by molar-refractivity contribution is 9.10. The van der Waals surface area contributed by atoms with Gasteiger partial charge in [-0.2, -0.15) is 0 Å². The molecule has 88 valence electrons. The third-order valence-corrected chi connectivity index (χ3v) is 3.27. The third-order valence-electron chi connectivity index (χ3n) is 2.81. The molecule has 1 aromatic carbocycles. The molecular formula is C12H15BrFNO. The van der Waals surface area contributed by atoms with Crippen molar-refractivity contribution in [3.63, 3.8) is 0 Å². The number of nitrogens with zero attached hydrogens (tertiary/aromatic N) is 1. The number of rotatable bonds is 2. The van der Waals surface area contributed by atoms with Gasteiger partial charge < -0.3 is 4.74 Å². The fourth-order valence-corrected chi connectivity index (χ4v) is 2.45. The van der Waals surface area contributed by atoms with Gasteiger partial charge in [0.05, 0.1) is 13.2 Å². The zero-order valence-electron chi connectivity index (χ0n) is 9.25. The number of benzene rings is 1. The normalized spacial score (nSPS) is 22.3. The van der Waals surface area contributed by atoms with Crippen LogP contribution in [0.3, 0.4) is 0 Å². The highest BCUT2D eigenvalue weighted by Gasteiger charge is 2.18. The maximum absolute atomic E-state index is 13.2. The summed E-state index contributed by atoms with van der Waals surface area (Å²) in [7, 11) is 0. The molecule has 0 bridgehead atoms. The number of morpholine rings is 1. The van der Waals surface area contributed by atoms with E-state index in [1.165, 1.54) is 6.07 Å². The van der Waals surface area contributed by atoms with Crippen molar-refractivity contribution >= 4 is 15.9 Å². The molecule has 1 atom stereocenters. The van der Waals surface area contributed by atoms with E-state index in [0.29, 0.717) is 6.04 Å². The Balaban J connectivity index is 2.07. The third kappa shape index (κ3) is 3.03. The van der Waals surface area contributed by atoms with Crippen LogP contribution in [0.2, 0.25) is 0 Å². The quantitative estimate of drug-likeness (QED) is 0.829. The maximum Gasteiger partial charge on any atom is 0.124 e. The van der Waals surface area contributed by atoms with E-state index in [9.17, 15) is 4.39 Å². The van der Waals surface area contributed by atoms with Crippen LogP contribution in [0.5, 0.6) is 0 Å². The van der Waals surface area contributed by atoms with Gasteiger partial charge in [-0.15, -0.1) is 0 Å². The maximum atomic E-state index is 13.2. The van der Waals surface area contributed by atoms with E-state index in [4.69, 9.17) is 4.74 Å². The first-order valence-corrected chi connectivity index (χ1v) is 6.21. The summed E-state index contributed by atoms with van der Waals surface area (Å²) in [6.07, 6.45) is 0. The van der Waals surface area contributed by atoms with Crippen LogP contribution in [0.15, 0.2) is 22.7 Å². The molecule has 1 heterocycles. The molecule has 16 heavy (non-hydrogen) atoms. The minimum absolute atomic E-state index is 0.190. The summed E-state index contributed by atoms with van der Waals surface area (Å²) in [6.45, 7) is 5.35. The van der Waals surface area contributed by atoms with Crippen molar-refractivity contribution in [2.24, 2.45) is 0 Å². The Morgan fingerprint density at radius 1 is 1.50 bits per heavy atom. The second-order valence-corrected chi connectivity index (χ2v) is 5.09. The fraction of sp³-hybridized carbons (Fsp3) is 0.500. The summed E-state index contributed by atoms with van der Waals surface area (Å²) in [5.41, 5.74) is 1.00. The van der Waals surface area contributed by atoms with E-state index < -0.39 is 0 Å². The van der Waals surface area contributed by atoms with Gasteiger partial charge in [-0.1, -0.05) is 15.9 Å². The molecule has 1 fully saturated rings. The molecule has 1 unspecified atom stereocenters. The van der Waals surface area contributed by atoms with Gasteiger partial charge in [0.2, 0.25) is 0 Å². The Kier molecular flexibility index (Phi) is 3.95. The summed E-state index contributed by atoms with van der Waals surface area (Å²) in [4.78, 5) is 2.31. The molecule has 1 saturated heterocycles. The lowest BCUT2D eigenvalue weighted by Crippen LogP contribution is -2.42.